The van der Waals surface area contributed by atoms with Gasteiger partial charge in [0.25, 0.3) is 0 Å². The number of nitrogens with zero attached hydrogens (tertiary/aromatic N) is 1. The van der Waals surface area contributed by atoms with Gasteiger partial charge in [0.2, 0.25) is 10.0 Å². The van der Waals surface area contributed by atoms with Crippen LogP contribution in [0.4, 0.5) is 11.5 Å². The van der Waals surface area contributed by atoms with Crippen LogP contribution in [0.3, 0.4) is 0 Å². The first-order chi connectivity index (χ1) is 10.9. The molecule has 0 unspecified atom stereocenters. The number of hydrogen-bond acceptors (Lipinski definition) is 4. The van der Waals surface area contributed by atoms with Gasteiger partial charge in [-0.15, -0.1) is 0 Å². The number of hydrogen-bond donors (Lipinski definition) is 2. The first-order valence-electron chi connectivity index (χ1n) is 7.04. The summed E-state index contributed by atoms with van der Waals surface area (Å²) in [6.07, 6.45) is 2.32. The number of nitrogens with one attached hydrogen (secondary N) is 2. The third-order valence-corrected chi connectivity index (χ3v) is 5.01. The Balaban J connectivity index is 1.89. The Morgan fingerprint density at radius 1 is 1.17 bits per heavy atom. The Labute approximate surface area is 146 Å². The zero-order valence-corrected chi connectivity index (χ0v) is 14.8. The van der Waals surface area contributed by atoms with Crippen LogP contribution >= 0.6 is 23.2 Å². The molecular weight excluding hydrogens is 357 g/mol. The van der Waals surface area contributed by atoms with Gasteiger partial charge in [0.05, 0.1) is 17.6 Å². The number of benzene rings is 1. The molecule has 1 heterocycles. The molecule has 0 saturated carbocycles. The normalized spacial score (nSPS) is 11.3. The molecule has 0 bridgehead atoms. The molecule has 0 aliphatic rings. The molecule has 2 aromatic rings. The van der Waals surface area contributed by atoms with Crippen molar-refractivity contribution in [2.45, 2.75) is 13.3 Å². The molecule has 1 aromatic heterocycles. The second-order valence-electron chi connectivity index (χ2n) is 4.85. The van der Waals surface area contributed by atoms with E-state index in [-0.39, 0.29) is 5.75 Å². The van der Waals surface area contributed by atoms with Crippen LogP contribution in [0.5, 0.6) is 0 Å². The van der Waals surface area contributed by atoms with Crippen LogP contribution in [0.2, 0.25) is 10.0 Å². The summed E-state index contributed by atoms with van der Waals surface area (Å²) in [5.74, 6) is 0.314. The standard InChI is InChI=1S/C15H17Cl2N3O2S/c1-2-23(21,22)20-15-6-5-13(10-19-15)18-8-7-11-3-4-12(16)9-14(11)17/h3-6,9-10,18H,2,7-8H2,1H3,(H,19,20). The number of anilines is 2. The lowest BCUT2D eigenvalue weighted by atomic mass is 10.1. The summed E-state index contributed by atoms with van der Waals surface area (Å²) in [5, 5.41) is 4.46. The van der Waals surface area contributed by atoms with E-state index in [1.165, 1.54) is 0 Å². The topological polar surface area (TPSA) is 71.1 Å². The average Bonchev–Trinajstić information content (AvgIpc) is 2.51. The van der Waals surface area contributed by atoms with E-state index < -0.39 is 10.0 Å². The summed E-state index contributed by atoms with van der Waals surface area (Å²) in [6, 6.07) is 8.80. The van der Waals surface area contributed by atoms with E-state index in [2.05, 4.69) is 15.0 Å². The van der Waals surface area contributed by atoms with Gasteiger partial charge in [0.1, 0.15) is 5.82 Å². The van der Waals surface area contributed by atoms with Crippen LogP contribution in [0.15, 0.2) is 36.5 Å². The van der Waals surface area contributed by atoms with Crippen LogP contribution in [0, 0.1) is 0 Å². The maximum absolute atomic E-state index is 11.4. The molecule has 0 radical (unpaired) electrons. The predicted molar refractivity (Wildman–Crippen MR) is 96.0 cm³/mol. The maximum atomic E-state index is 11.4. The third-order valence-electron chi connectivity index (χ3n) is 3.14. The Hall–Kier alpha value is -1.50. The van der Waals surface area contributed by atoms with E-state index in [4.69, 9.17) is 23.2 Å². The molecule has 2 rings (SSSR count). The van der Waals surface area contributed by atoms with Crippen molar-refractivity contribution in [1.82, 2.24) is 4.98 Å². The fourth-order valence-electron chi connectivity index (χ4n) is 1.86. The van der Waals surface area contributed by atoms with Gasteiger partial charge in [-0.1, -0.05) is 29.3 Å². The maximum Gasteiger partial charge on any atom is 0.233 e. The predicted octanol–water partition coefficient (Wildman–Crippen LogP) is 3.80. The first kappa shape index (κ1) is 17.8. The monoisotopic (exact) mass is 373 g/mol. The summed E-state index contributed by atoms with van der Waals surface area (Å²) in [4.78, 5) is 4.07. The average molecular weight is 374 g/mol. The molecular formula is C15H17Cl2N3O2S. The summed E-state index contributed by atoms with van der Waals surface area (Å²) in [7, 11) is -3.31. The highest BCUT2D eigenvalue weighted by atomic mass is 35.5. The number of rotatable bonds is 7. The van der Waals surface area contributed by atoms with Gasteiger partial charge < -0.3 is 5.32 Å². The molecule has 5 nitrogen and oxygen atoms in total. The van der Waals surface area contributed by atoms with E-state index in [0.29, 0.717) is 22.4 Å². The van der Waals surface area contributed by atoms with Crippen molar-refractivity contribution >= 4 is 44.7 Å². The Kier molecular flexibility index (Phi) is 6.10. The minimum absolute atomic E-state index is 0.0104. The van der Waals surface area contributed by atoms with Crippen molar-refractivity contribution in [2.24, 2.45) is 0 Å². The SMILES string of the molecule is CCS(=O)(=O)Nc1ccc(NCCc2ccc(Cl)cc2Cl)cn1. The molecule has 0 spiro atoms. The number of sulfonamides is 1. The van der Waals surface area contributed by atoms with E-state index in [1.54, 1.807) is 37.4 Å². The van der Waals surface area contributed by atoms with Crippen molar-refractivity contribution in [2.75, 3.05) is 22.3 Å². The van der Waals surface area contributed by atoms with Crippen molar-refractivity contribution in [1.29, 1.82) is 0 Å². The molecule has 8 heteroatoms. The second kappa shape index (κ2) is 7.86. The minimum Gasteiger partial charge on any atom is -0.383 e. The van der Waals surface area contributed by atoms with E-state index in [1.807, 2.05) is 6.07 Å². The number of aromatic nitrogens is 1. The van der Waals surface area contributed by atoms with Gasteiger partial charge in [-0.25, -0.2) is 13.4 Å². The van der Waals surface area contributed by atoms with Gasteiger partial charge in [0, 0.05) is 16.6 Å². The lowest BCUT2D eigenvalue weighted by molar-refractivity contribution is 0.602. The molecule has 124 valence electrons. The molecule has 0 amide bonds. The highest BCUT2D eigenvalue weighted by Gasteiger charge is 2.07. The molecule has 23 heavy (non-hydrogen) atoms. The van der Waals surface area contributed by atoms with Crippen LogP contribution in [-0.4, -0.2) is 25.7 Å². The van der Waals surface area contributed by atoms with Gasteiger partial charge >= 0.3 is 0 Å². The van der Waals surface area contributed by atoms with Crippen LogP contribution in [0.25, 0.3) is 0 Å². The Morgan fingerprint density at radius 3 is 2.57 bits per heavy atom. The van der Waals surface area contributed by atoms with Crippen molar-refractivity contribution < 1.29 is 8.42 Å². The molecule has 0 saturated heterocycles. The summed E-state index contributed by atoms with van der Waals surface area (Å²) >= 11 is 12.0. The zero-order chi connectivity index (χ0) is 16.9. The van der Waals surface area contributed by atoms with Crippen molar-refractivity contribution in [3.05, 3.63) is 52.1 Å². The van der Waals surface area contributed by atoms with Gasteiger partial charge in [-0.2, -0.15) is 0 Å². The van der Waals surface area contributed by atoms with Crippen molar-refractivity contribution in [3.8, 4) is 0 Å². The fourth-order valence-corrected chi connectivity index (χ4v) is 2.94. The van der Waals surface area contributed by atoms with E-state index in [0.717, 1.165) is 17.7 Å². The minimum atomic E-state index is -3.31. The summed E-state index contributed by atoms with van der Waals surface area (Å²) in [5.41, 5.74) is 1.80. The quantitative estimate of drug-likeness (QED) is 0.773. The molecule has 0 atom stereocenters. The number of pyridine rings is 1. The van der Waals surface area contributed by atoms with Gasteiger partial charge in [-0.05, 0) is 43.2 Å². The largest absolute Gasteiger partial charge is 0.383 e. The van der Waals surface area contributed by atoms with Crippen molar-refractivity contribution in [3.63, 3.8) is 0 Å². The third kappa shape index (κ3) is 5.57. The fraction of sp³-hybridized carbons (Fsp3) is 0.267. The van der Waals surface area contributed by atoms with Gasteiger partial charge in [-0.3, -0.25) is 4.72 Å². The van der Waals surface area contributed by atoms with Crippen LogP contribution in [-0.2, 0) is 16.4 Å². The summed E-state index contributed by atoms with van der Waals surface area (Å²) < 4.78 is 25.3. The lowest BCUT2D eigenvalue weighted by Crippen LogP contribution is -2.15. The van der Waals surface area contributed by atoms with E-state index in [9.17, 15) is 8.42 Å². The zero-order valence-electron chi connectivity index (χ0n) is 12.5. The molecule has 0 aliphatic carbocycles. The van der Waals surface area contributed by atoms with Gasteiger partial charge in [0.15, 0.2) is 0 Å². The molecule has 0 aliphatic heterocycles. The smallest absolute Gasteiger partial charge is 0.233 e. The Morgan fingerprint density at radius 2 is 1.96 bits per heavy atom. The Bertz CT molecular complexity index is 765. The highest BCUT2D eigenvalue weighted by molar-refractivity contribution is 7.92. The second-order valence-corrected chi connectivity index (χ2v) is 7.70. The highest BCUT2D eigenvalue weighted by Crippen LogP contribution is 2.21. The lowest BCUT2D eigenvalue weighted by Gasteiger charge is -2.09. The summed E-state index contributed by atoms with van der Waals surface area (Å²) in [6.45, 7) is 2.24. The first-order valence-corrected chi connectivity index (χ1v) is 9.45. The van der Waals surface area contributed by atoms with Crippen LogP contribution < -0.4 is 10.0 Å². The molecule has 0 fully saturated rings. The number of halogens is 2. The van der Waals surface area contributed by atoms with E-state index >= 15 is 0 Å². The molecule has 1 aromatic carbocycles. The molecule has 2 N–H and O–H groups in total. The van der Waals surface area contributed by atoms with Crippen LogP contribution in [0.1, 0.15) is 12.5 Å².